The average molecular weight is 440 g/mol. The fraction of sp³-hybridized carbons (Fsp3) is 0.263. The van der Waals surface area contributed by atoms with Gasteiger partial charge in [0.25, 0.3) is 0 Å². The normalized spacial score (nSPS) is 12.2. The highest BCUT2D eigenvalue weighted by Crippen LogP contribution is 2.35. The number of nitrogens with zero attached hydrogens (tertiary/aromatic N) is 2. The first-order chi connectivity index (χ1) is 13.3. The molecule has 6 nitrogen and oxygen atoms in total. The number of amides is 1. The zero-order valence-electron chi connectivity index (χ0n) is 15.2. The van der Waals surface area contributed by atoms with Gasteiger partial charge in [-0.2, -0.15) is 0 Å². The van der Waals surface area contributed by atoms with Crippen LogP contribution in [0.4, 0.5) is 5.13 Å². The first-order valence-corrected chi connectivity index (χ1v) is 10.2. The molecular weight excluding hydrogens is 421 g/mol. The van der Waals surface area contributed by atoms with E-state index in [1.54, 1.807) is 30.5 Å². The molecule has 28 heavy (non-hydrogen) atoms. The maximum atomic E-state index is 12.9. The van der Waals surface area contributed by atoms with Gasteiger partial charge in [-0.3, -0.25) is 4.79 Å². The zero-order chi connectivity index (χ0) is 20.3. The number of ether oxygens (including phenoxy) is 1. The number of hydrogen-bond acceptors (Lipinski definition) is 5. The van der Waals surface area contributed by atoms with Crippen LogP contribution in [0.3, 0.4) is 0 Å². The quantitative estimate of drug-likeness (QED) is 0.474. The first-order valence-electron chi connectivity index (χ1n) is 8.59. The highest BCUT2D eigenvalue weighted by molar-refractivity contribution is 7.19. The third-order valence-electron chi connectivity index (χ3n) is 3.91. The van der Waals surface area contributed by atoms with Gasteiger partial charge in [-0.05, 0) is 24.5 Å². The summed E-state index contributed by atoms with van der Waals surface area (Å²) in [5.41, 5.74) is 0. The predicted molar refractivity (Wildman–Crippen MR) is 112 cm³/mol. The standard InChI is InChI=1S/C19H19Cl2N3O3S/c1-11(2)7-14(18(26)23-19-22-9-16(21)28-19)24-10-12(8-17(24)25)27-15-6-4-3-5-13(15)20/h3-6,8-11,14,25H,7H2,1-2H3,(H,22,23,26)/t14-/m0/s1. The lowest BCUT2D eigenvalue weighted by atomic mass is 10.0. The van der Waals surface area contributed by atoms with Crippen molar-refractivity contribution in [1.29, 1.82) is 0 Å². The van der Waals surface area contributed by atoms with E-state index in [-0.39, 0.29) is 17.7 Å². The maximum Gasteiger partial charge on any atom is 0.249 e. The van der Waals surface area contributed by atoms with Gasteiger partial charge in [0.1, 0.15) is 21.9 Å². The number of para-hydroxylation sites is 1. The molecule has 0 aliphatic carbocycles. The Hall–Kier alpha value is -2.22. The molecule has 0 aliphatic heterocycles. The third-order valence-corrected chi connectivity index (χ3v) is 5.25. The number of carbonyl (C=O) groups excluding carboxylic acids is 1. The fourth-order valence-corrected chi connectivity index (χ4v) is 3.69. The van der Waals surface area contributed by atoms with Crippen LogP contribution in [0.5, 0.6) is 17.4 Å². The molecule has 2 heterocycles. The molecular formula is C19H19Cl2N3O3S. The lowest BCUT2D eigenvalue weighted by molar-refractivity contribution is -0.119. The molecule has 0 unspecified atom stereocenters. The van der Waals surface area contributed by atoms with Crippen molar-refractivity contribution in [3.8, 4) is 17.4 Å². The first kappa shape index (κ1) is 20.5. The second-order valence-corrected chi connectivity index (χ2v) is 8.65. The summed E-state index contributed by atoms with van der Waals surface area (Å²) < 4.78 is 7.72. The number of aromatic hydroxyl groups is 1. The van der Waals surface area contributed by atoms with E-state index in [2.05, 4.69) is 10.3 Å². The molecule has 9 heteroatoms. The summed E-state index contributed by atoms with van der Waals surface area (Å²) in [5, 5.41) is 14.0. The number of benzene rings is 1. The summed E-state index contributed by atoms with van der Waals surface area (Å²) in [6, 6.07) is 7.83. The number of carbonyl (C=O) groups is 1. The maximum absolute atomic E-state index is 12.9. The topological polar surface area (TPSA) is 76.4 Å². The molecule has 148 valence electrons. The van der Waals surface area contributed by atoms with E-state index in [1.807, 2.05) is 13.8 Å². The monoisotopic (exact) mass is 439 g/mol. The molecule has 0 aliphatic rings. The summed E-state index contributed by atoms with van der Waals surface area (Å²) in [4.78, 5) is 16.9. The molecule has 0 fully saturated rings. The minimum atomic E-state index is -0.647. The van der Waals surface area contributed by atoms with Gasteiger partial charge in [0.05, 0.1) is 17.4 Å². The Bertz CT molecular complexity index is 971. The van der Waals surface area contributed by atoms with Gasteiger partial charge in [0.2, 0.25) is 5.91 Å². The minimum absolute atomic E-state index is 0.0833. The van der Waals surface area contributed by atoms with Gasteiger partial charge in [-0.25, -0.2) is 4.98 Å². The van der Waals surface area contributed by atoms with Crippen LogP contribution in [0.2, 0.25) is 9.36 Å². The number of aromatic nitrogens is 2. The smallest absolute Gasteiger partial charge is 0.249 e. The number of nitrogens with one attached hydrogen (secondary N) is 1. The molecule has 1 aromatic carbocycles. The van der Waals surface area contributed by atoms with Crippen LogP contribution in [0.25, 0.3) is 0 Å². The Kier molecular flexibility index (Phi) is 6.49. The van der Waals surface area contributed by atoms with Crippen molar-refractivity contribution in [2.75, 3.05) is 5.32 Å². The molecule has 1 atom stereocenters. The molecule has 3 aromatic rings. The Morgan fingerprint density at radius 2 is 2.11 bits per heavy atom. The highest BCUT2D eigenvalue weighted by atomic mass is 35.5. The number of anilines is 1. The van der Waals surface area contributed by atoms with Crippen molar-refractivity contribution < 1.29 is 14.6 Å². The number of halogens is 2. The number of thiazole rings is 1. The third kappa shape index (κ3) is 4.98. The largest absolute Gasteiger partial charge is 0.494 e. The Balaban J connectivity index is 1.84. The van der Waals surface area contributed by atoms with Gasteiger partial charge in [-0.1, -0.05) is 60.5 Å². The van der Waals surface area contributed by atoms with Gasteiger partial charge < -0.3 is 19.7 Å². The molecule has 2 N–H and O–H groups in total. The Morgan fingerprint density at radius 1 is 1.36 bits per heavy atom. The van der Waals surface area contributed by atoms with Crippen LogP contribution in [-0.4, -0.2) is 20.6 Å². The van der Waals surface area contributed by atoms with Crippen molar-refractivity contribution in [2.24, 2.45) is 5.92 Å². The van der Waals surface area contributed by atoms with Crippen LogP contribution in [-0.2, 0) is 4.79 Å². The van der Waals surface area contributed by atoms with Crippen molar-refractivity contribution in [3.05, 3.63) is 52.1 Å². The van der Waals surface area contributed by atoms with E-state index in [1.165, 1.54) is 28.2 Å². The average Bonchev–Trinajstić information content (AvgIpc) is 3.20. The lowest BCUT2D eigenvalue weighted by Crippen LogP contribution is -2.26. The molecule has 0 radical (unpaired) electrons. The second-order valence-electron chi connectivity index (χ2n) is 6.58. The Labute approximate surface area is 176 Å². The van der Waals surface area contributed by atoms with Crippen molar-refractivity contribution >= 4 is 45.6 Å². The van der Waals surface area contributed by atoms with E-state index in [0.29, 0.717) is 32.4 Å². The number of hydrogen-bond donors (Lipinski definition) is 2. The Morgan fingerprint density at radius 3 is 2.75 bits per heavy atom. The summed E-state index contributed by atoms with van der Waals surface area (Å²) in [5.74, 6) is 0.674. The molecule has 0 bridgehead atoms. The molecule has 0 spiro atoms. The SMILES string of the molecule is CC(C)C[C@@H](C(=O)Nc1ncc(Cl)s1)n1cc(Oc2ccccc2Cl)cc1O. The summed E-state index contributed by atoms with van der Waals surface area (Å²) in [6.45, 7) is 4.00. The van der Waals surface area contributed by atoms with Crippen molar-refractivity contribution in [3.63, 3.8) is 0 Å². The molecule has 2 aromatic heterocycles. The minimum Gasteiger partial charge on any atom is -0.494 e. The molecule has 3 rings (SSSR count). The van der Waals surface area contributed by atoms with Gasteiger partial charge in [-0.15, -0.1) is 0 Å². The lowest BCUT2D eigenvalue weighted by Gasteiger charge is -2.20. The van der Waals surface area contributed by atoms with E-state index in [4.69, 9.17) is 27.9 Å². The van der Waals surface area contributed by atoms with Crippen molar-refractivity contribution in [2.45, 2.75) is 26.3 Å². The van der Waals surface area contributed by atoms with Crippen molar-refractivity contribution in [1.82, 2.24) is 9.55 Å². The van der Waals surface area contributed by atoms with Crippen LogP contribution in [0.1, 0.15) is 26.3 Å². The summed E-state index contributed by atoms with van der Waals surface area (Å²) in [6.07, 6.45) is 3.57. The fourth-order valence-electron chi connectivity index (χ4n) is 2.70. The molecule has 0 saturated carbocycles. The van der Waals surface area contributed by atoms with Gasteiger partial charge in [0, 0.05) is 6.07 Å². The second kappa shape index (κ2) is 8.86. The van der Waals surface area contributed by atoms with Crippen LogP contribution < -0.4 is 10.1 Å². The predicted octanol–water partition coefficient (Wildman–Crippen LogP) is 5.98. The summed E-state index contributed by atoms with van der Waals surface area (Å²) in [7, 11) is 0. The van der Waals surface area contributed by atoms with Crippen LogP contribution in [0, 0.1) is 5.92 Å². The van der Waals surface area contributed by atoms with Crippen LogP contribution in [0.15, 0.2) is 42.7 Å². The van der Waals surface area contributed by atoms with E-state index >= 15 is 0 Å². The van der Waals surface area contributed by atoms with E-state index in [9.17, 15) is 9.90 Å². The zero-order valence-corrected chi connectivity index (χ0v) is 17.6. The number of rotatable bonds is 7. The van der Waals surface area contributed by atoms with Gasteiger partial charge in [0.15, 0.2) is 11.0 Å². The van der Waals surface area contributed by atoms with E-state index < -0.39 is 6.04 Å². The summed E-state index contributed by atoms with van der Waals surface area (Å²) >= 11 is 13.2. The van der Waals surface area contributed by atoms with E-state index in [0.717, 1.165) is 0 Å². The molecule has 1 amide bonds. The van der Waals surface area contributed by atoms with Gasteiger partial charge >= 0.3 is 0 Å². The highest BCUT2D eigenvalue weighted by Gasteiger charge is 2.25. The van der Waals surface area contributed by atoms with Crippen LogP contribution >= 0.6 is 34.5 Å². The molecule has 0 saturated heterocycles.